The third-order valence-electron chi connectivity index (χ3n) is 2.95. The Balaban J connectivity index is 2.95. The van der Waals surface area contributed by atoms with Crippen molar-refractivity contribution in [2.75, 3.05) is 5.73 Å². The summed E-state index contributed by atoms with van der Waals surface area (Å²) >= 11 is 0. The molecule has 1 heterocycles. The van der Waals surface area contributed by atoms with Gasteiger partial charge < -0.3 is 10.3 Å². The number of hydrogen-bond acceptors (Lipinski definition) is 2. The molecule has 1 aromatic carbocycles. The quantitative estimate of drug-likeness (QED) is 0.740. The molecule has 0 saturated heterocycles. The van der Waals surface area contributed by atoms with Gasteiger partial charge in [-0.15, -0.1) is 0 Å². The Labute approximate surface area is 95.1 Å². The fourth-order valence-corrected chi connectivity index (χ4v) is 2.09. The SMILES string of the molecule is CC(C)c1cn(C)c2ccc(N)c(C#N)c12. The molecule has 0 aliphatic heterocycles. The lowest BCUT2D eigenvalue weighted by Gasteiger charge is -2.05. The summed E-state index contributed by atoms with van der Waals surface area (Å²) in [6.45, 7) is 4.25. The van der Waals surface area contributed by atoms with Crippen LogP contribution < -0.4 is 5.73 Å². The van der Waals surface area contributed by atoms with Crippen molar-refractivity contribution in [3.8, 4) is 6.07 Å². The molecule has 82 valence electrons. The molecular weight excluding hydrogens is 198 g/mol. The molecule has 3 nitrogen and oxygen atoms in total. The van der Waals surface area contributed by atoms with Crippen molar-refractivity contribution in [3.05, 3.63) is 29.5 Å². The van der Waals surface area contributed by atoms with Gasteiger partial charge in [0.2, 0.25) is 0 Å². The van der Waals surface area contributed by atoms with Gasteiger partial charge in [-0.1, -0.05) is 13.8 Å². The Morgan fingerprint density at radius 3 is 2.62 bits per heavy atom. The number of aryl methyl sites for hydroxylation is 1. The van der Waals surface area contributed by atoms with Gasteiger partial charge in [0.25, 0.3) is 0 Å². The molecule has 0 saturated carbocycles. The van der Waals surface area contributed by atoms with Crippen molar-refractivity contribution in [1.82, 2.24) is 4.57 Å². The minimum Gasteiger partial charge on any atom is -0.398 e. The standard InChI is InChI=1S/C13H15N3/c1-8(2)10-7-16(3)12-5-4-11(15)9(6-14)13(10)12/h4-5,7-8H,15H2,1-3H3. The summed E-state index contributed by atoms with van der Waals surface area (Å²) in [5.41, 5.74) is 9.25. The topological polar surface area (TPSA) is 54.7 Å². The van der Waals surface area contributed by atoms with Crippen molar-refractivity contribution in [2.45, 2.75) is 19.8 Å². The number of benzene rings is 1. The van der Waals surface area contributed by atoms with E-state index in [0.29, 0.717) is 17.2 Å². The van der Waals surface area contributed by atoms with Crippen LogP contribution in [0.4, 0.5) is 5.69 Å². The Hall–Kier alpha value is -1.95. The summed E-state index contributed by atoms with van der Waals surface area (Å²) in [7, 11) is 1.99. The summed E-state index contributed by atoms with van der Waals surface area (Å²) in [5.74, 6) is 0.387. The molecule has 0 spiro atoms. The first kappa shape index (κ1) is 10.6. The number of rotatable bonds is 1. The number of fused-ring (bicyclic) bond motifs is 1. The van der Waals surface area contributed by atoms with Gasteiger partial charge in [-0.2, -0.15) is 5.26 Å². The molecule has 16 heavy (non-hydrogen) atoms. The molecule has 2 aromatic rings. The zero-order valence-electron chi connectivity index (χ0n) is 9.78. The van der Waals surface area contributed by atoms with Gasteiger partial charge in [0.1, 0.15) is 6.07 Å². The largest absolute Gasteiger partial charge is 0.398 e. The summed E-state index contributed by atoms with van der Waals surface area (Å²) in [4.78, 5) is 0. The van der Waals surface area contributed by atoms with Gasteiger partial charge in [0.05, 0.1) is 11.3 Å². The first-order valence-electron chi connectivity index (χ1n) is 5.33. The molecular formula is C13H15N3. The normalized spacial score (nSPS) is 10.9. The molecule has 0 fully saturated rings. The number of aromatic nitrogens is 1. The molecule has 0 bridgehead atoms. The van der Waals surface area contributed by atoms with Crippen molar-refractivity contribution in [2.24, 2.45) is 7.05 Å². The zero-order valence-corrected chi connectivity index (χ0v) is 9.78. The van der Waals surface area contributed by atoms with Crippen LogP contribution in [0.2, 0.25) is 0 Å². The van der Waals surface area contributed by atoms with E-state index < -0.39 is 0 Å². The molecule has 2 N–H and O–H groups in total. The lowest BCUT2D eigenvalue weighted by Crippen LogP contribution is -1.93. The lowest BCUT2D eigenvalue weighted by atomic mass is 9.98. The van der Waals surface area contributed by atoms with Crippen LogP contribution in [0.3, 0.4) is 0 Å². The van der Waals surface area contributed by atoms with E-state index in [9.17, 15) is 5.26 Å². The van der Waals surface area contributed by atoms with Crippen LogP contribution in [0.25, 0.3) is 10.9 Å². The van der Waals surface area contributed by atoms with Crippen LogP contribution in [0.1, 0.15) is 30.9 Å². The zero-order chi connectivity index (χ0) is 11.9. The van der Waals surface area contributed by atoms with E-state index in [0.717, 1.165) is 10.9 Å². The highest BCUT2D eigenvalue weighted by Crippen LogP contribution is 2.32. The number of nitrogens with zero attached hydrogens (tertiary/aromatic N) is 2. The van der Waals surface area contributed by atoms with E-state index in [1.165, 1.54) is 5.56 Å². The highest BCUT2D eigenvalue weighted by atomic mass is 14.9. The summed E-state index contributed by atoms with van der Waals surface area (Å²) in [6.07, 6.45) is 2.08. The highest BCUT2D eigenvalue weighted by molar-refractivity contribution is 5.94. The Morgan fingerprint density at radius 1 is 1.38 bits per heavy atom. The van der Waals surface area contributed by atoms with Crippen LogP contribution in [-0.2, 0) is 7.05 Å². The van der Waals surface area contributed by atoms with E-state index in [2.05, 4.69) is 26.1 Å². The number of hydrogen-bond donors (Lipinski definition) is 1. The first-order chi connectivity index (χ1) is 7.56. The van der Waals surface area contributed by atoms with Crippen LogP contribution in [0, 0.1) is 11.3 Å². The molecule has 0 aliphatic rings. The Kier molecular flexibility index (Phi) is 2.35. The third kappa shape index (κ3) is 1.35. The average Bonchev–Trinajstić information content (AvgIpc) is 2.56. The number of nitrogen functional groups attached to an aromatic ring is 1. The van der Waals surface area contributed by atoms with Crippen LogP contribution >= 0.6 is 0 Å². The van der Waals surface area contributed by atoms with Gasteiger partial charge in [0.15, 0.2) is 0 Å². The van der Waals surface area contributed by atoms with Crippen molar-refractivity contribution < 1.29 is 0 Å². The first-order valence-corrected chi connectivity index (χ1v) is 5.33. The fraction of sp³-hybridized carbons (Fsp3) is 0.308. The second-order valence-electron chi connectivity index (χ2n) is 4.39. The van der Waals surface area contributed by atoms with Crippen LogP contribution in [0.15, 0.2) is 18.3 Å². The predicted octanol–water partition coefficient (Wildman–Crippen LogP) is 2.76. The molecule has 0 amide bonds. The number of anilines is 1. The maximum absolute atomic E-state index is 9.19. The van der Waals surface area contributed by atoms with E-state index in [1.807, 2.05) is 17.7 Å². The van der Waals surface area contributed by atoms with Gasteiger partial charge in [-0.3, -0.25) is 0 Å². The molecule has 0 radical (unpaired) electrons. The van der Waals surface area contributed by atoms with Crippen molar-refractivity contribution in [3.63, 3.8) is 0 Å². The molecule has 0 aliphatic carbocycles. The van der Waals surface area contributed by atoms with Crippen LogP contribution in [0.5, 0.6) is 0 Å². The summed E-state index contributed by atoms with van der Waals surface area (Å²) < 4.78 is 2.05. The van der Waals surface area contributed by atoms with Crippen molar-refractivity contribution >= 4 is 16.6 Å². The third-order valence-corrected chi connectivity index (χ3v) is 2.95. The number of nitrogens with two attached hydrogens (primary N) is 1. The average molecular weight is 213 g/mol. The molecule has 1 aromatic heterocycles. The Bertz CT molecular complexity index is 585. The minimum atomic E-state index is 0.387. The summed E-state index contributed by atoms with van der Waals surface area (Å²) in [5, 5.41) is 10.2. The maximum Gasteiger partial charge on any atom is 0.102 e. The molecule has 0 atom stereocenters. The van der Waals surface area contributed by atoms with E-state index >= 15 is 0 Å². The van der Waals surface area contributed by atoms with Gasteiger partial charge in [-0.05, 0) is 23.6 Å². The second-order valence-corrected chi connectivity index (χ2v) is 4.39. The molecule has 2 rings (SSSR count). The fourth-order valence-electron chi connectivity index (χ4n) is 2.09. The van der Waals surface area contributed by atoms with Gasteiger partial charge >= 0.3 is 0 Å². The second kappa shape index (κ2) is 3.57. The smallest absolute Gasteiger partial charge is 0.102 e. The Morgan fingerprint density at radius 2 is 2.06 bits per heavy atom. The lowest BCUT2D eigenvalue weighted by molar-refractivity contribution is 0.857. The van der Waals surface area contributed by atoms with Crippen molar-refractivity contribution in [1.29, 1.82) is 5.26 Å². The summed E-state index contributed by atoms with van der Waals surface area (Å²) in [6, 6.07) is 5.97. The van der Waals surface area contributed by atoms with E-state index in [-0.39, 0.29) is 0 Å². The maximum atomic E-state index is 9.19. The molecule has 3 heteroatoms. The highest BCUT2D eigenvalue weighted by Gasteiger charge is 2.15. The van der Waals surface area contributed by atoms with Crippen LogP contribution in [-0.4, -0.2) is 4.57 Å². The predicted molar refractivity (Wildman–Crippen MR) is 66.1 cm³/mol. The van der Waals surface area contributed by atoms with Gasteiger partial charge in [-0.25, -0.2) is 0 Å². The van der Waals surface area contributed by atoms with E-state index in [4.69, 9.17) is 5.73 Å². The van der Waals surface area contributed by atoms with E-state index in [1.54, 1.807) is 6.07 Å². The monoisotopic (exact) mass is 213 g/mol. The molecule has 0 unspecified atom stereocenters. The minimum absolute atomic E-state index is 0.387. The van der Waals surface area contributed by atoms with Gasteiger partial charge in [0, 0.05) is 24.1 Å². The number of nitriles is 1.